The Kier molecular flexibility index (Phi) is 5.51. The van der Waals surface area contributed by atoms with Crippen molar-refractivity contribution in [1.29, 1.82) is 0 Å². The molecule has 3 aliphatic rings. The minimum Gasteiger partial charge on any atom is -0.493 e. The number of hydrogen-bond donors (Lipinski definition) is 1. The number of hydrogen-bond acceptors (Lipinski definition) is 8. The molecule has 2 aliphatic heterocycles. The molecule has 1 spiro atoms. The molecule has 39 heavy (non-hydrogen) atoms. The van der Waals surface area contributed by atoms with Crippen molar-refractivity contribution in [2.45, 2.75) is 45.3 Å². The van der Waals surface area contributed by atoms with Crippen LogP contribution in [0.2, 0.25) is 0 Å². The van der Waals surface area contributed by atoms with Gasteiger partial charge in [-0.05, 0) is 38.7 Å². The van der Waals surface area contributed by atoms with E-state index in [1.165, 1.54) is 42.1 Å². The normalized spacial score (nSPS) is 19.9. The van der Waals surface area contributed by atoms with Crippen molar-refractivity contribution in [3.63, 3.8) is 0 Å². The molecular formula is C26H29F3N8OS. The van der Waals surface area contributed by atoms with Gasteiger partial charge in [0.25, 0.3) is 0 Å². The number of alkyl halides is 3. The van der Waals surface area contributed by atoms with E-state index in [1.54, 1.807) is 12.3 Å². The molecule has 1 saturated carbocycles. The molecule has 2 saturated heterocycles. The first-order chi connectivity index (χ1) is 18.6. The van der Waals surface area contributed by atoms with Crippen LogP contribution in [0.1, 0.15) is 31.0 Å². The summed E-state index contributed by atoms with van der Waals surface area (Å²) in [4.78, 5) is 13.8. The summed E-state index contributed by atoms with van der Waals surface area (Å²) in [5.74, 6) is 1.27. The second kappa shape index (κ2) is 8.65. The van der Waals surface area contributed by atoms with Gasteiger partial charge in [0, 0.05) is 55.0 Å². The van der Waals surface area contributed by atoms with Crippen LogP contribution in [0.5, 0.6) is 5.75 Å². The molecule has 4 aromatic heterocycles. The maximum atomic E-state index is 13.8. The minimum absolute atomic E-state index is 0.0492. The number of methoxy groups -OCH3 is 1. The summed E-state index contributed by atoms with van der Waals surface area (Å²) in [7, 11) is 1.48. The summed E-state index contributed by atoms with van der Waals surface area (Å²) < 4.78 is 48.2. The number of anilines is 1. The zero-order valence-corrected chi connectivity index (χ0v) is 22.7. The van der Waals surface area contributed by atoms with E-state index in [0.29, 0.717) is 39.1 Å². The van der Waals surface area contributed by atoms with Crippen LogP contribution < -0.4 is 9.64 Å². The first-order valence-electron chi connectivity index (χ1n) is 13.1. The number of nitrogens with zero attached hydrogens (tertiary/aromatic N) is 7. The zero-order valence-electron chi connectivity index (χ0n) is 21.9. The quantitative estimate of drug-likeness (QED) is 0.355. The third-order valence-electron chi connectivity index (χ3n) is 8.36. The van der Waals surface area contributed by atoms with Crippen molar-refractivity contribution in [3.8, 4) is 27.7 Å². The lowest BCUT2D eigenvalue weighted by Gasteiger charge is -2.62. The molecule has 0 bridgehead atoms. The Hall–Kier alpha value is -3.19. The van der Waals surface area contributed by atoms with Gasteiger partial charge in [0.1, 0.15) is 16.3 Å². The van der Waals surface area contributed by atoms with Crippen LogP contribution in [0.15, 0.2) is 18.6 Å². The number of fused-ring (bicyclic) bond motifs is 1. The van der Waals surface area contributed by atoms with Gasteiger partial charge in [0.15, 0.2) is 11.4 Å². The van der Waals surface area contributed by atoms with Crippen LogP contribution in [0, 0.1) is 18.3 Å². The fourth-order valence-corrected chi connectivity index (χ4v) is 7.29. The average Bonchev–Trinajstić information content (AvgIpc) is 3.25. The van der Waals surface area contributed by atoms with Gasteiger partial charge in [0.05, 0.1) is 30.6 Å². The molecule has 1 unspecified atom stereocenters. The predicted octanol–water partition coefficient (Wildman–Crippen LogP) is 4.59. The Balaban J connectivity index is 1.17. The first kappa shape index (κ1) is 24.8. The predicted molar refractivity (Wildman–Crippen MR) is 141 cm³/mol. The fraction of sp³-hybridized carbons (Fsp3) is 0.538. The number of rotatable bonds is 7. The lowest BCUT2D eigenvalue weighted by Crippen LogP contribution is -2.73. The summed E-state index contributed by atoms with van der Waals surface area (Å²) in [6, 6.07) is 2.31. The zero-order chi connectivity index (χ0) is 27.1. The van der Waals surface area contributed by atoms with Gasteiger partial charge in [0.2, 0.25) is 0 Å². The molecule has 0 radical (unpaired) electrons. The van der Waals surface area contributed by atoms with Gasteiger partial charge < -0.3 is 9.64 Å². The van der Waals surface area contributed by atoms with Crippen LogP contribution in [0.25, 0.3) is 27.6 Å². The summed E-state index contributed by atoms with van der Waals surface area (Å²) >= 11 is 1.42. The Morgan fingerprint density at radius 1 is 1.23 bits per heavy atom. The number of halogens is 3. The molecule has 6 heterocycles. The minimum atomic E-state index is -4.43. The monoisotopic (exact) mass is 558 g/mol. The highest BCUT2D eigenvalue weighted by Crippen LogP contribution is 2.49. The molecule has 13 heteroatoms. The third-order valence-corrected chi connectivity index (χ3v) is 9.60. The van der Waals surface area contributed by atoms with E-state index in [2.05, 4.69) is 37.0 Å². The largest absolute Gasteiger partial charge is 0.493 e. The molecule has 0 amide bonds. The topological polar surface area (TPSA) is 87.5 Å². The summed E-state index contributed by atoms with van der Waals surface area (Å²) in [6.07, 6.45) is 0.114. The maximum Gasteiger partial charge on any atom is 0.393 e. The van der Waals surface area contributed by atoms with Crippen LogP contribution in [0.4, 0.5) is 18.2 Å². The van der Waals surface area contributed by atoms with Gasteiger partial charge >= 0.3 is 6.18 Å². The summed E-state index contributed by atoms with van der Waals surface area (Å²) in [5, 5.41) is 12.8. The molecule has 9 nitrogen and oxygen atoms in total. The van der Waals surface area contributed by atoms with Gasteiger partial charge in [-0.3, -0.25) is 10.00 Å². The number of nitrogens with one attached hydrogen (secondary N) is 1. The van der Waals surface area contributed by atoms with Crippen LogP contribution in [-0.4, -0.2) is 80.2 Å². The van der Waals surface area contributed by atoms with Crippen molar-refractivity contribution in [2.75, 3.05) is 38.2 Å². The lowest BCUT2D eigenvalue weighted by atomic mass is 9.72. The van der Waals surface area contributed by atoms with Gasteiger partial charge in [-0.1, -0.05) is 11.3 Å². The molecule has 1 atom stereocenters. The van der Waals surface area contributed by atoms with E-state index in [-0.39, 0.29) is 11.3 Å². The number of pyridine rings is 1. The van der Waals surface area contributed by atoms with Crippen molar-refractivity contribution >= 4 is 22.0 Å². The second-order valence-electron chi connectivity index (χ2n) is 11.3. The highest BCUT2D eigenvalue weighted by molar-refractivity contribution is 7.19. The Labute approximate surface area is 227 Å². The molecular weight excluding hydrogens is 529 g/mol. The number of ether oxygens (including phenoxy) is 1. The first-order valence-corrected chi connectivity index (χ1v) is 13.9. The molecule has 0 aromatic carbocycles. The second-order valence-corrected chi connectivity index (χ2v) is 12.3. The van der Waals surface area contributed by atoms with Crippen molar-refractivity contribution in [2.24, 2.45) is 11.3 Å². The highest BCUT2D eigenvalue weighted by atomic mass is 32.1. The molecule has 7 rings (SSSR count). The number of aryl methyl sites for hydroxylation is 1. The van der Waals surface area contributed by atoms with Crippen molar-refractivity contribution < 1.29 is 17.9 Å². The van der Waals surface area contributed by atoms with Crippen LogP contribution in [0.3, 0.4) is 0 Å². The Morgan fingerprint density at radius 3 is 2.69 bits per heavy atom. The van der Waals surface area contributed by atoms with Gasteiger partial charge in [-0.2, -0.15) is 23.4 Å². The van der Waals surface area contributed by atoms with E-state index in [0.717, 1.165) is 42.8 Å². The van der Waals surface area contributed by atoms with E-state index >= 15 is 0 Å². The molecule has 4 aromatic rings. The van der Waals surface area contributed by atoms with Crippen molar-refractivity contribution in [1.82, 2.24) is 34.7 Å². The Bertz CT molecular complexity index is 1540. The average molecular weight is 559 g/mol. The summed E-state index contributed by atoms with van der Waals surface area (Å²) in [6.45, 7) is 8.45. The van der Waals surface area contributed by atoms with Gasteiger partial charge in [-0.15, -0.1) is 0 Å². The number of aromatic nitrogens is 6. The standard InChI is InChI=1S/C26H29F3N8OS/c1-14-24(36-11-25(12-36)9-35(10-25)15(2)16-4-5-16)39-23(32-14)21-18(7-26(27,28)29)20(33-34-21)17-6-19(38-3)22-30-13-31-37(22)8-17/h6,8,13,15-16H,4-5,7,9-12H2,1-3H3,(H,33,34). The van der Waals surface area contributed by atoms with Crippen LogP contribution >= 0.6 is 11.3 Å². The molecule has 1 aliphatic carbocycles. The lowest BCUT2D eigenvalue weighted by molar-refractivity contribution is -0.127. The van der Waals surface area contributed by atoms with Crippen LogP contribution in [-0.2, 0) is 6.42 Å². The molecule has 1 N–H and O–H groups in total. The molecule has 206 valence electrons. The van der Waals surface area contributed by atoms with E-state index < -0.39 is 12.6 Å². The number of thiazole rings is 1. The summed E-state index contributed by atoms with van der Waals surface area (Å²) in [5.41, 5.74) is 2.61. The number of aromatic amines is 1. The van der Waals surface area contributed by atoms with E-state index in [1.807, 2.05) is 6.92 Å². The maximum absolute atomic E-state index is 13.8. The fourth-order valence-electron chi connectivity index (χ4n) is 6.20. The van der Waals surface area contributed by atoms with Crippen molar-refractivity contribution in [3.05, 3.63) is 29.8 Å². The number of H-pyrrole nitrogens is 1. The highest BCUT2D eigenvalue weighted by Gasteiger charge is 2.54. The number of likely N-dealkylation sites (tertiary alicyclic amines) is 1. The smallest absolute Gasteiger partial charge is 0.393 e. The van der Waals surface area contributed by atoms with E-state index in [4.69, 9.17) is 9.72 Å². The van der Waals surface area contributed by atoms with Gasteiger partial charge in [-0.25, -0.2) is 14.5 Å². The molecule has 3 fully saturated rings. The third kappa shape index (κ3) is 4.26. The van der Waals surface area contributed by atoms with E-state index in [9.17, 15) is 13.2 Å². The Morgan fingerprint density at radius 2 is 2.00 bits per heavy atom. The SMILES string of the molecule is COc1cc(-c2n[nH]c(-c3nc(C)c(N4CC5(C4)CN(C(C)C4CC4)C5)s3)c2CC(F)(F)F)cn2ncnc12.